The third-order valence-electron chi connectivity index (χ3n) is 2.31. The maximum absolute atomic E-state index is 11.6. The molecule has 0 aromatic heterocycles. The summed E-state index contributed by atoms with van der Waals surface area (Å²) in [4.78, 5) is 11.6. The Bertz CT molecular complexity index is 597. The van der Waals surface area contributed by atoms with Gasteiger partial charge in [-0.15, -0.1) is 6.42 Å². The fourth-order valence-electron chi connectivity index (χ4n) is 1.52. The topological polar surface area (TPSA) is 63.2 Å². The Balaban J connectivity index is 2.75. The van der Waals surface area contributed by atoms with E-state index in [1.807, 2.05) is 31.9 Å². The predicted octanol–water partition coefficient (Wildman–Crippen LogP) is 1.29. The Hall–Kier alpha value is -1.80. The second-order valence-corrected chi connectivity index (χ2v) is 6.17. The number of anilines is 1. The molecule has 1 amide bonds. The zero-order valence-electron chi connectivity index (χ0n) is 10.4. The Morgan fingerprint density at radius 2 is 2.06 bits per heavy atom. The van der Waals surface area contributed by atoms with Crippen molar-refractivity contribution >= 4 is 21.4 Å². The fraction of sp³-hybridized carbons (Fsp3) is 0.308. The molecule has 0 heterocycles. The summed E-state index contributed by atoms with van der Waals surface area (Å²) in [5.41, 5.74) is 2.57. The minimum absolute atomic E-state index is 0.423. The van der Waals surface area contributed by atoms with Crippen LogP contribution in [0.1, 0.15) is 11.1 Å². The van der Waals surface area contributed by atoms with Crippen LogP contribution in [0.5, 0.6) is 0 Å². The zero-order chi connectivity index (χ0) is 13.8. The maximum atomic E-state index is 11.6. The molecule has 1 aromatic rings. The molecule has 5 heteroatoms. The van der Waals surface area contributed by atoms with Crippen LogP contribution in [0.2, 0.25) is 0 Å². The summed E-state index contributed by atoms with van der Waals surface area (Å²) in [6.45, 7) is 3.79. The third kappa shape index (κ3) is 4.22. The average Bonchev–Trinajstić information content (AvgIpc) is 2.21. The lowest BCUT2D eigenvalue weighted by Gasteiger charge is -2.08. The van der Waals surface area contributed by atoms with Crippen molar-refractivity contribution < 1.29 is 13.2 Å². The number of aryl methyl sites for hydroxylation is 2. The molecule has 1 N–H and O–H groups in total. The van der Waals surface area contributed by atoms with Gasteiger partial charge in [0.25, 0.3) is 0 Å². The van der Waals surface area contributed by atoms with E-state index >= 15 is 0 Å². The molecule has 0 atom stereocenters. The highest BCUT2D eigenvalue weighted by molar-refractivity contribution is 7.92. The monoisotopic (exact) mass is 265 g/mol. The van der Waals surface area contributed by atoms with E-state index in [2.05, 4.69) is 5.32 Å². The summed E-state index contributed by atoms with van der Waals surface area (Å²) in [6, 6.07) is 5.50. The van der Waals surface area contributed by atoms with Gasteiger partial charge in [0.2, 0.25) is 5.91 Å². The summed E-state index contributed by atoms with van der Waals surface area (Å²) in [6.07, 6.45) is 4.92. The predicted molar refractivity (Wildman–Crippen MR) is 72.0 cm³/mol. The van der Waals surface area contributed by atoms with Crippen molar-refractivity contribution in [3.05, 3.63) is 29.3 Å². The molecular weight excluding hydrogens is 250 g/mol. The molecule has 0 aliphatic rings. The SMILES string of the molecule is C#CCS(=O)(=O)CC(=O)Nc1ccc(C)cc1C. The van der Waals surface area contributed by atoms with E-state index in [4.69, 9.17) is 6.42 Å². The van der Waals surface area contributed by atoms with Gasteiger partial charge in [0, 0.05) is 5.69 Å². The van der Waals surface area contributed by atoms with Gasteiger partial charge in [-0.25, -0.2) is 8.42 Å². The second-order valence-electron chi connectivity index (χ2n) is 4.10. The number of hydrogen-bond donors (Lipinski definition) is 1. The van der Waals surface area contributed by atoms with Gasteiger partial charge in [-0.05, 0) is 25.5 Å². The summed E-state index contributed by atoms with van der Waals surface area (Å²) in [5, 5.41) is 2.57. The first-order valence-corrected chi connectivity index (χ1v) is 7.17. The molecule has 1 aromatic carbocycles. The van der Waals surface area contributed by atoms with Crippen LogP contribution in [0.3, 0.4) is 0 Å². The van der Waals surface area contributed by atoms with Crippen LogP contribution in [0.15, 0.2) is 18.2 Å². The van der Waals surface area contributed by atoms with Gasteiger partial charge in [-0.2, -0.15) is 0 Å². The van der Waals surface area contributed by atoms with Crippen LogP contribution in [0, 0.1) is 26.2 Å². The van der Waals surface area contributed by atoms with Gasteiger partial charge in [0.05, 0.1) is 0 Å². The van der Waals surface area contributed by atoms with Crippen LogP contribution >= 0.6 is 0 Å². The molecule has 0 saturated heterocycles. The third-order valence-corrected chi connectivity index (χ3v) is 3.62. The largest absolute Gasteiger partial charge is 0.325 e. The highest BCUT2D eigenvalue weighted by Crippen LogP contribution is 2.15. The van der Waals surface area contributed by atoms with E-state index in [1.54, 1.807) is 6.07 Å². The number of benzene rings is 1. The fourth-order valence-corrected chi connectivity index (χ4v) is 2.35. The Morgan fingerprint density at radius 1 is 1.39 bits per heavy atom. The number of sulfone groups is 1. The number of carbonyl (C=O) groups is 1. The molecular formula is C13H15NO3S. The molecule has 0 unspecified atom stereocenters. The molecule has 0 bridgehead atoms. The molecule has 4 nitrogen and oxygen atoms in total. The first-order chi connectivity index (χ1) is 8.34. The maximum Gasteiger partial charge on any atom is 0.239 e. The highest BCUT2D eigenvalue weighted by atomic mass is 32.2. The van der Waals surface area contributed by atoms with Crippen LogP contribution in [0.25, 0.3) is 0 Å². The quantitative estimate of drug-likeness (QED) is 0.834. The Morgan fingerprint density at radius 3 is 2.61 bits per heavy atom. The van der Waals surface area contributed by atoms with Crippen LogP contribution in [-0.2, 0) is 14.6 Å². The normalized spacial score (nSPS) is 10.7. The van der Waals surface area contributed by atoms with Crippen molar-refractivity contribution in [1.29, 1.82) is 0 Å². The van der Waals surface area contributed by atoms with Gasteiger partial charge in [0.1, 0.15) is 11.5 Å². The smallest absolute Gasteiger partial charge is 0.239 e. The zero-order valence-corrected chi connectivity index (χ0v) is 11.2. The number of amides is 1. The second kappa shape index (κ2) is 5.69. The summed E-state index contributed by atoms with van der Waals surface area (Å²) >= 11 is 0. The van der Waals surface area contributed by atoms with E-state index in [-0.39, 0.29) is 0 Å². The minimum atomic E-state index is -3.52. The number of hydrogen-bond acceptors (Lipinski definition) is 3. The molecule has 96 valence electrons. The van der Waals surface area contributed by atoms with E-state index in [0.29, 0.717) is 5.69 Å². The number of rotatable bonds is 4. The molecule has 0 saturated carbocycles. The summed E-state index contributed by atoms with van der Waals surface area (Å²) < 4.78 is 22.7. The van der Waals surface area contributed by atoms with Crippen LogP contribution in [0.4, 0.5) is 5.69 Å². The molecule has 0 radical (unpaired) electrons. The van der Waals surface area contributed by atoms with Crippen LogP contribution in [-0.4, -0.2) is 25.8 Å². The Labute approximate surface area is 107 Å². The lowest BCUT2D eigenvalue weighted by molar-refractivity contribution is -0.113. The van der Waals surface area contributed by atoms with Gasteiger partial charge < -0.3 is 5.32 Å². The van der Waals surface area contributed by atoms with Gasteiger partial charge in [-0.3, -0.25) is 4.79 Å². The summed E-state index contributed by atoms with van der Waals surface area (Å²) in [7, 11) is -3.52. The first kappa shape index (κ1) is 14.3. The van der Waals surface area contributed by atoms with Crippen LogP contribution < -0.4 is 5.32 Å². The number of nitrogens with one attached hydrogen (secondary N) is 1. The molecule has 1 rings (SSSR count). The summed E-state index contributed by atoms with van der Waals surface area (Å²) in [5.74, 6) is 0.440. The van der Waals surface area contributed by atoms with Crippen molar-refractivity contribution in [1.82, 2.24) is 0 Å². The minimum Gasteiger partial charge on any atom is -0.325 e. The van der Waals surface area contributed by atoms with E-state index < -0.39 is 27.3 Å². The molecule has 0 fully saturated rings. The first-order valence-electron chi connectivity index (χ1n) is 5.35. The number of carbonyl (C=O) groups excluding carboxylic acids is 1. The van der Waals surface area contributed by atoms with Crippen molar-refractivity contribution in [2.24, 2.45) is 0 Å². The average molecular weight is 265 g/mol. The molecule has 0 spiro atoms. The Kier molecular flexibility index (Phi) is 4.51. The van der Waals surface area contributed by atoms with Gasteiger partial charge in [-0.1, -0.05) is 23.6 Å². The van der Waals surface area contributed by atoms with Gasteiger partial charge >= 0.3 is 0 Å². The molecule has 18 heavy (non-hydrogen) atoms. The molecule has 0 aliphatic heterocycles. The van der Waals surface area contributed by atoms with Gasteiger partial charge in [0.15, 0.2) is 9.84 Å². The lowest BCUT2D eigenvalue weighted by Crippen LogP contribution is -2.24. The van der Waals surface area contributed by atoms with Crippen molar-refractivity contribution in [2.45, 2.75) is 13.8 Å². The van der Waals surface area contributed by atoms with Crippen molar-refractivity contribution in [3.63, 3.8) is 0 Å². The standard InChI is InChI=1S/C13H15NO3S/c1-4-7-18(16,17)9-13(15)14-12-6-5-10(2)8-11(12)3/h1,5-6,8H,7,9H2,2-3H3,(H,14,15). The van der Waals surface area contributed by atoms with E-state index in [9.17, 15) is 13.2 Å². The van der Waals surface area contributed by atoms with Crippen molar-refractivity contribution in [3.8, 4) is 12.3 Å². The lowest BCUT2D eigenvalue weighted by atomic mass is 10.1. The van der Waals surface area contributed by atoms with E-state index in [1.165, 1.54) is 0 Å². The van der Waals surface area contributed by atoms with Crippen molar-refractivity contribution in [2.75, 3.05) is 16.8 Å². The van der Waals surface area contributed by atoms with E-state index in [0.717, 1.165) is 11.1 Å². The number of terminal acetylenes is 1. The molecule has 0 aliphatic carbocycles. The highest BCUT2D eigenvalue weighted by Gasteiger charge is 2.15.